The minimum Gasteiger partial charge on any atom is -0.508 e. The molecule has 0 atom stereocenters. The van der Waals surface area contributed by atoms with E-state index in [0.717, 1.165) is 27.4 Å². The van der Waals surface area contributed by atoms with Gasteiger partial charge in [-0.25, -0.2) is 4.79 Å². The lowest BCUT2D eigenvalue weighted by molar-refractivity contribution is 0.466. The first kappa shape index (κ1) is 17.6. The van der Waals surface area contributed by atoms with Crippen molar-refractivity contribution in [1.29, 1.82) is 0 Å². The first-order valence-corrected chi connectivity index (χ1v) is 9.87. The first-order valence-electron chi connectivity index (χ1n) is 8.88. The van der Waals surface area contributed by atoms with Crippen molar-refractivity contribution in [2.45, 2.75) is 17.9 Å². The van der Waals surface area contributed by atoms with Gasteiger partial charge in [-0.3, -0.25) is 0 Å². The molecule has 0 amide bonds. The SMILES string of the molecule is Cc1c(O)ccc2c(CSc3nnc(-c4c[nH]c5ccccc45)o3)cc(=O)oc12. The van der Waals surface area contributed by atoms with Gasteiger partial charge < -0.3 is 18.9 Å². The highest BCUT2D eigenvalue weighted by molar-refractivity contribution is 7.98. The van der Waals surface area contributed by atoms with E-state index in [1.807, 2.05) is 30.5 Å². The van der Waals surface area contributed by atoms with Crippen LogP contribution in [0.2, 0.25) is 0 Å². The Balaban J connectivity index is 1.44. The van der Waals surface area contributed by atoms with Crippen molar-refractivity contribution in [3.05, 3.63) is 70.2 Å². The fourth-order valence-corrected chi connectivity index (χ4v) is 4.05. The normalized spacial score (nSPS) is 11.5. The molecule has 29 heavy (non-hydrogen) atoms. The molecule has 0 radical (unpaired) electrons. The van der Waals surface area contributed by atoms with Gasteiger partial charge in [0.1, 0.15) is 11.3 Å². The lowest BCUT2D eigenvalue weighted by atomic mass is 10.1. The number of hydrogen-bond donors (Lipinski definition) is 2. The van der Waals surface area contributed by atoms with E-state index in [1.165, 1.54) is 17.8 Å². The van der Waals surface area contributed by atoms with Gasteiger partial charge >= 0.3 is 5.63 Å². The summed E-state index contributed by atoms with van der Waals surface area (Å²) in [6, 6.07) is 12.7. The summed E-state index contributed by atoms with van der Waals surface area (Å²) in [4.78, 5) is 15.1. The van der Waals surface area contributed by atoms with E-state index < -0.39 is 5.63 Å². The zero-order chi connectivity index (χ0) is 20.0. The van der Waals surface area contributed by atoms with Crippen LogP contribution in [0.1, 0.15) is 11.1 Å². The van der Waals surface area contributed by atoms with E-state index in [9.17, 15) is 9.90 Å². The van der Waals surface area contributed by atoms with Gasteiger partial charge in [0.15, 0.2) is 0 Å². The molecule has 0 saturated carbocycles. The standard InChI is InChI=1S/C21H15N3O4S/c1-11-17(25)7-6-13-12(8-18(26)27-19(11)13)10-29-21-24-23-20(28-21)15-9-22-16-5-3-2-4-14(15)16/h2-9,22,25H,10H2,1H3. The third kappa shape index (κ3) is 3.07. The van der Waals surface area contributed by atoms with Crippen molar-refractivity contribution in [3.63, 3.8) is 0 Å². The number of nitrogens with one attached hydrogen (secondary N) is 1. The Hall–Kier alpha value is -3.52. The summed E-state index contributed by atoms with van der Waals surface area (Å²) in [5.74, 6) is 0.968. The maximum absolute atomic E-state index is 12.0. The molecule has 0 saturated heterocycles. The van der Waals surface area contributed by atoms with Crippen LogP contribution in [-0.4, -0.2) is 20.3 Å². The zero-order valence-corrected chi connectivity index (χ0v) is 16.1. The Labute approximate surface area is 168 Å². The number of fused-ring (bicyclic) bond motifs is 2. The largest absolute Gasteiger partial charge is 0.508 e. The fourth-order valence-electron chi connectivity index (χ4n) is 3.30. The van der Waals surface area contributed by atoms with Crippen LogP contribution in [0.25, 0.3) is 33.3 Å². The van der Waals surface area contributed by atoms with E-state index in [4.69, 9.17) is 8.83 Å². The summed E-state index contributed by atoms with van der Waals surface area (Å²) in [5, 5.41) is 20.3. The number of aromatic hydroxyl groups is 1. The topological polar surface area (TPSA) is 105 Å². The number of thioether (sulfide) groups is 1. The molecule has 0 bridgehead atoms. The lowest BCUT2D eigenvalue weighted by Gasteiger charge is -2.07. The van der Waals surface area contributed by atoms with Crippen LogP contribution >= 0.6 is 11.8 Å². The number of phenolic OH excluding ortho intramolecular Hbond substituents is 1. The molecule has 0 aliphatic heterocycles. The van der Waals surface area contributed by atoms with E-state index >= 15 is 0 Å². The number of nitrogens with zero attached hydrogens (tertiary/aromatic N) is 2. The molecule has 0 unspecified atom stereocenters. The van der Waals surface area contributed by atoms with Gasteiger partial charge in [-0.2, -0.15) is 0 Å². The molecule has 8 heteroatoms. The summed E-state index contributed by atoms with van der Waals surface area (Å²) in [6.07, 6.45) is 1.85. The number of rotatable bonds is 4. The average molecular weight is 405 g/mol. The fraction of sp³-hybridized carbons (Fsp3) is 0.0952. The second-order valence-corrected chi connectivity index (χ2v) is 7.51. The summed E-state index contributed by atoms with van der Waals surface area (Å²) in [6.45, 7) is 1.71. The minimum atomic E-state index is -0.466. The minimum absolute atomic E-state index is 0.0886. The highest BCUT2D eigenvalue weighted by Gasteiger charge is 2.15. The number of hydrogen-bond acceptors (Lipinski definition) is 7. The summed E-state index contributed by atoms with van der Waals surface area (Å²) in [5.41, 5.74) is 3.07. The average Bonchev–Trinajstić information content (AvgIpc) is 3.36. The Bertz CT molecular complexity index is 1420. The monoisotopic (exact) mass is 405 g/mol. The van der Waals surface area contributed by atoms with Gasteiger partial charge in [-0.1, -0.05) is 30.0 Å². The lowest BCUT2D eigenvalue weighted by Crippen LogP contribution is -2.01. The number of H-pyrrole nitrogens is 1. The molecule has 3 aromatic heterocycles. The Morgan fingerprint density at radius 3 is 2.86 bits per heavy atom. The summed E-state index contributed by atoms with van der Waals surface area (Å²) in [7, 11) is 0. The number of aromatic nitrogens is 3. The van der Waals surface area contributed by atoms with Crippen LogP contribution in [0.15, 0.2) is 67.5 Å². The van der Waals surface area contributed by atoms with Crippen LogP contribution in [0, 0.1) is 6.92 Å². The van der Waals surface area contributed by atoms with E-state index in [1.54, 1.807) is 19.1 Å². The molecule has 0 aliphatic rings. The highest BCUT2D eigenvalue weighted by atomic mass is 32.2. The van der Waals surface area contributed by atoms with Gasteiger partial charge in [-0.05, 0) is 30.7 Å². The molecular weight excluding hydrogens is 390 g/mol. The van der Waals surface area contributed by atoms with Gasteiger partial charge in [0.05, 0.1) is 5.56 Å². The van der Waals surface area contributed by atoms with E-state index in [2.05, 4.69) is 15.2 Å². The van der Waals surface area contributed by atoms with Crippen molar-refractivity contribution >= 4 is 33.6 Å². The van der Waals surface area contributed by atoms with Crippen molar-refractivity contribution in [3.8, 4) is 17.2 Å². The quantitative estimate of drug-likeness (QED) is 0.332. The number of aromatic amines is 1. The van der Waals surface area contributed by atoms with Gasteiger partial charge in [-0.15, -0.1) is 10.2 Å². The Morgan fingerprint density at radius 1 is 1.10 bits per heavy atom. The number of aryl methyl sites for hydroxylation is 1. The third-order valence-electron chi connectivity index (χ3n) is 4.80. The molecule has 0 aliphatic carbocycles. The second kappa shape index (κ2) is 6.82. The van der Waals surface area contributed by atoms with Gasteiger partial charge in [0.2, 0.25) is 0 Å². The third-order valence-corrected chi connectivity index (χ3v) is 5.66. The Morgan fingerprint density at radius 2 is 1.97 bits per heavy atom. The predicted octanol–water partition coefficient (Wildman–Crippen LogP) is 4.63. The molecule has 144 valence electrons. The van der Waals surface area contributed by atoms with Gasteiger partial charge in [0.25, 0.3) is 11.1 Å². The smallest absolute Gasteiger partial charge is 0.336 e. The molecule has 2 N–H and O–H groups in total. The van der Waals surface area contributed by atoms with Crippen LogP contribution in [0.4, 0.5) is 0 Å². The summed E-state index contributed by atoms with van der Waals surface area (Å²) < 4.78 is 11.1. The first-order chi connectivity index (χ1) is 14.1. The van der Waals surface area contributed by atoms with Crippen LogP contribution in [0.5, 0.6) is 5.75 Å². The maximum atomic E-state index is 12.0. The van der Waals surface area contributed by atoms with E-state index in [0.29, 0.717) is 28.0 Å². The van der Waals surface area contributed by atoms with Crippen molar-refractivity contribution in [1.82, 2.24) is 15.2 Å². The number of benzene rings is 2. The van der Waals surface area contributed by atoms with Crippen LogP contribution < -0.4 is 5.63 Å². The molecule has 0 spiro atoms. The molecule has 5 aromatic rings. The zero-order valence-electron chi connectivity index (χ0n) is 15.3. The molecular formula is C21H15N3O4S. The van der Waals surface area contributed by atoms with Gasteiger partial charge in [0, 0.05) is 39.9 Å². The van der Waals surface area contributed by atoms with Crippen LogP contribution in [-0.2, 0) is 5.75 Å². The van der Waals surface area contributed by atoms with E-state index in [-0.39, 0.29) is 5.75 Å². The second-order valence-electron chi connectivity index (χ2n) is 6.59. The molecule has 5 rings (SSSR count). The van der Waals surface area contributed by atoms with Crippen molar-refractivity contribution in [2.24, 2.45) is 0 Å². The van der Waals surface area contributed by atoms with Crippen molar-refractivity contribution < 1.29 is 13.9 Å². The number of phenols is 1. The van der Waals surface area contributed by atoms with Crippen LogP contribution in [0.3, 0.4) is 0 Å². The summed E-state index contributed by atoms with van der Waals surface area (Å²) >= 11 is 1.34. The van der Waals surface area contributed by atoms with Crippen molar-refractivity contribution in [2.75, 3.05) is 0 Å². The molecule has 7 nitrogen and oxygen atoms in total. The molecule has 2 aromatic carbocycles. The highest BCUT2D eigenvalue weighted by Crippen LogP contribution is 2.33. The predicted molar refractivity (Wildman–Crippen MR) is 110 cm³/mol. The Kier molecular flexibility index (Phi) is 4.13. The molecule has 3 heterocycles. The maximum Gasteiger partial charge on any atom is 0.336 e. The number of para-hydroxylation sites is 1. The molecule has 0 fully saturated rings.